The van der Waals surface area contributed by atoms with Gasteiger partial charge in [0.25, 0.3) is 0 Å². The van der Waals surface area contributed by atoms with Crippen molar-refractivity contribution in [2.45, 2.75) is 25.9 Å². The van der Waals surface area contributed by atoms with Gasteiger partial charge in [0.2, 0.25) is 5.13 Å². The molecule has 0 saturated carbocycles. The van der Waals surface area contributed by atoms with E-state index < -0.39 is 0 Å². The maximum atomic E-state index is 9.77. The number of halogens is 1. The Morgan fingerprint density at radius 2 is 1.88 bits per heavy atom. The summed E-state index contributed by atoms with van der Waals surface area (Å²) in [6.07, 6.45) is 1.38. The zero-order valence-corrected chi connectivity index (χ0v) is 15.4. The quantitative estimate of drug-likeness (QED) is 0.851. The molecule has 1 N–H and O–H groups in total. The first-order valence-corrected chi connectivity index (χ1v) is 9.55. The summed E-state index contributed by atoms with van der Waals surface area (Å²) < 4.78 is 0. The SMILES string of the molecule is CCC(O)CN1CCN(c2nnc(Cc3ccc(Cl)cc3)s2)CC1. The van der Waals surface area contributed by atoms with Gasteiger partial charge in [0.1, 0.15) is 5.01 Å². The van der Waals surface area contributed by atoms with Crippen molar-refractivity contribution in [3.05, 3.63) is 39.9 Å². The molecular weight excluding hydrogens is 344 g/mol. The van der Waals surface area contributed by atoms with Crippen molar-refractivity contribution in [1.29, 1.82) is 0 Å². The Balaban J connectivity index is 1.53. The van der Waals surface area contributed by atoms with Crippen LogP contribution in [0.25, 0.3) is 0 Å². The molecule has 1 aromatic heterocycles. The molecule has 0 amide bonds. The molecule has 0 bridgehead atoms. The molecule has 0 aliphatic carbocycles. The van der Waals surface area contributed by atoms with Gasteiger partial charge >= 0.3 is 0 Å². The summed E-state index contributed by atoms with van der Waals surface area (Å²) in [6, 6.07) is 7.87. The Bertz CT molecular complexity index is 640. The second-order valence-corrected chi connectivity index (χ2v) is 7.61. The van der Waals surface area contributed by atoms with Crippen molar-refractivity contribution in [2.24, 2.45) is 0 Å². The monoisotopic (exact) mass is 366 g/mol. The van der Waals surface area contributed by atoms with Crippen LogP contribution < -0.4 is 4.90 Å². The van der Waals surface area contributed by atoms with Gasteiger partial charge in [-0.1, -0.05) is 42.0 Å². The summed E-state index contributed by atoms with van der Waals surface area (Å²) in [5.41, 5.74) is 1.19. The first kappa shape index (κ1) is 17.6. The van der Waals surface area contributed by atoms with Crippen LogP contribution in [-0.2, 0) is 6.42 Å². The fourth-order valence-electron chi connectivity index (χ4n) is 2.77. The number of aliphatic hydroxyl groups excluding tert-OH is 1. The van der Waals surface area contributed by atoms with Gasteiger partial charge in [0.05, 0.1) is 6.10 Å². The Morgan fingerprint density at radius 1 is 1.17 bits per heavy atom. The van der Waals surface area contributed by atoms with Crippen molar-refractivity contribution in [1.82, 2.24) is 15.1 Å². The lowest BCUT2D eigenvalue weighted by Gasteiger charge is -2.35. The molecule has 1 aromatic carbocycles. The predicted molar refractivity (Wildman–Crippen MR) is 99.1 cm³/mol. The second kappa shape index (κ2) is 8.25. The van der Waals surface area contributed by atoms with Crippen molar-refractivity contribution < 1.29 is 5.11 Å². The lowest BCUT2D eigenvalue weighted by molar-refractivity contribution is 0.106. The zero-order valence-electron chi connectivity index (χ0n) is 13.9. The molecule has 1 aliphatic rings. The summed E-state index contributed by atoms with van der Waals surface area (Å²) >= 11 is 7.58. The van der Waals surface area contributed by atoms with Crippen molar-refractivity contribution in [2.75, 3.05) is 37.6 Å². The van der Waals surface area contributed by atoms with E-state index in [0.29, 0.717) is 0 Å². The number of rotatable bonds is 6. The minimum absolute atomic E-state index is 0.218. The van der Waals surface area contributed by atoms with E-state index in [1.165, 1.54) is 5.56 Å². The van der Waals surface area contributed by atoms with Crippen LogP contribution in [0, 0.1) is 0 Å². The average molecular weight is 367 g/mol. The third-order valence-electron chi connectivity index (χ3n) is 4.31. The van der Waals surface area contributed by atoms with E-state index in [9.17, 15) is 5.11 Å². The van der Waals surface area contributed by atoms with Gasteiger partial charge in [0, 0.05) is 44.2 Å². The van der Waals surface area contributed by atoms with Crippen LogP contribution in [0.4, 0.5) is 5.13 Å². The van der Waals surface area contributed by atoms with Gasteiger partial charge in [0.15, 0.2) is 0 Å². The Hall–Kier alpha value is -1.21. The maximum Gasteiger partial charge on any atom is 0.208 e. The molecule has 0 radical (unpaired) electrons. The van der Waals surface area contributed by atoms with Crippen LogP contribution in [0.15, 0.2) is 24.3 Å². The zero-order chi connectivity index (χ0) is 16.9. The summed E-state index contributed by atoms with van der Waals surface area (Å²) in [7, 11) is 0. The summed E-state index contributed by atoms with van der Waals surface area (Å²) in [5, 5.41) is 21.2. The highest BCUT2D eigenvalue weighted by atomic mass is 35.5. The van der Waals surface area contributed by atoms with Gasteiger partial charge in [-0.3, -0.25) is 4.90 Å². The van der Waals surface area contributed by atoms with Crippen LogP contribution in [0.3, 0.4) is 0 Å². The third kappa shape index (κ3) is 4.66. The molecule has 130 valence electrons. The van der Waals surface area contributed by atoms with Gasteiger partial charge < -0.3 is 10.0 Å². The number of nitrogens with zero attached hydrogens (tertiary/aromatic N) is 4. The van der Waals surface area contributed by atoms with E-state index >= 15 is 0 Å². The van der Waals surface area contributed by atoms with Crippen LogP contribution >= 0.6 is 22.9 Å². The van der Waals surface area contributed by atoms with E-state index in [2.05, 4.69) is 20.0 Å². The van der Waals surface area contributed by atoms with Crippen LogP contribution in [0.1, 0.15) is 23.9 Å². The minimum atomic E-state index is -0.218. The average Bonchev–Trinajstić information content (AvgIpc) is 3.06. The molecule has 3 rings (SSSR count). The molecule has 24 heavy (non-hydrogen) atoms. The van der Waals surface area contributed by atoms with Crippen LogP contribution in [-0.4, -0.2) is 59.0 Å². The molecule has 1 aliphatic heterocycles. The largest absolute Gasteiger partial charge is 0.392 e. The molecule has 5 nitrogen and oxygen atoms in total. The molecular formula is C17H23ClN4OS. The van der Waals surface area contributed by atoms with Crippen molar-refractivity contribution in [3.8, 4) is 0 Å². The lowest BCUT2D eigenvalue weighted by atomic mass is 10.2. The number of aromatic nitrogens is 2. The highest BCUT2D eigenvalue weighted by Gasteiger charge is 2.21. The lowest BCUT2D eigenvalue weighted by Crippen LogP contribution is -2.48. The van der Waals surface area contributed by atoms with E-state index in [1.54, 1.807) is 11.3 Å². The number of anilines is 1. The van der Waals surface area contributed by atoms with Crippen molar-refractivity contribution >= 4 is 28.1 Å². The summed E-state index contributed by atoms with van der Waals surface area (Å²) in [6.45, 7) is 6.58. The fourth-order valence-corrected chi connectivity index (χ4v) is 3.82. The minimum Gasteiger partial charge on any atom is -0.392 e. The normalized spacial score (nSPS) is 17.2. The molecule has 1 atom stereocenters. The number of aliphatic hydroxyl groups is 1. The van der Waals surface area contributed by atoms with Gasteiger partial charge in [-0.15, -0.1) is 10.2 Å². The first-order chi connectivity index (χ1) is 11.6. The highest BCUT2D eigenvalue weighted by molar-refractivity contribution is 7.15. The van der Waals surface area contributed by atoms with Gasteiger partial charge in [-0.05, 0) is 24.1 Å². The third-order valence-corrected chi connectivity index (χ3v) is 5.54. The van der Waals surface area contributed by atoms with Crippen LogP contribution in [0.2, 0.25) is 5.02 Å². The Kier molecular flexibility index (Phi) is 6.05. The van der Waals surface area contributed by atoms with Crippen molar-refractivity contribution in [3.63, 3.8) is 0 Å². The number of hydrogen-bond acceptors (Lipinski definition) is 6. The highest BCUT2D eigenvalue weighted by Crippen LogP contribution is 2.24. The molecule has 0 spiro atoms. The molecule has 1 unspecified atom stereocenters. The molecule has 1 saturated heterocycles. The Labute approximate surface area is 151 Å². The first-order valence-electron chi connectivity index (χ1n) is 8.36. The van der Waals surface area contributed by atoms with Gasteiger partial charge in [-0.2, -0.15) is 0 Å². The second-order valence-electron chi connectivity index (χ2n) is 6.13. The summed E-state index contributed by atoms with van der Waals surface area (Å²) in [5.74, 6) is 0. The maximum absolute atomic E-state index is 9.77. The van der Waals surface area contributed by atoms with E-state index in [-0.39, 0.29) is 6.10 Å². The van der Waals surface area contributed by atoms with Crippen LogP contribution in [0.5, 0.6) is 0 Å². The van der Waals surface area contributed by atoms with E-state index in [1.807, 2.05) is 31.2 Å². The molecule has 2 aromatic rings. The molecule has 2 heterocycles. The fraction of sp³-hybridized carbons (Fsp3) is 0.529. The topological polar surface area (TPSA) is 52.5 Å². The molecule has 7 heteroatoms. The van der Waals surface area contributed by atoms with E-state index in [4.69, 9.17) is 11.6 Å². The predicted octanol–water partition coefficient (Wildman–Crippen LogP) is 2.68. The smallest absolute Gasteiger partial charge is 0.208 e. The number of β-amino-alcohol motifs (C(OH)–C–C–N with tert-alkyl or cyclic N) is 1. The Morgan fingerprint density at radius 3 is 2.54 bits per heavy atom. The van der Waals surface area contributed by atoms with Gasteiger partial charge in [-0.25, -0.2) is 0 Å². The number of hydrogen-bond donors (Lipinski definition) is 1. The number of benzene rings is 1. The standard InChI is InChI=1S/C17H23ClN4OS/c1-2-15(23)12-21-7-9-22(10-8-21)17-20-19-16(24-17)11-13-3-5-14(18)6-4-13/h3-6,15,23H,2,7-12H2,1H3. The molecule has 1 fully saturated rings. The van der Waals surface area contributed by atoms with E-state index in [0.717, 1.165) is 60.7 Å². The number of piperazine rings is 1. The summed E-state index contributed by atoms with van der Waals surface area (Å²) in [4.78, 5) is 4.61.